The molecule has 3 heterocycles. The van der Waals surface area contributed by atoms with Crippen molar-refractivity contribution in [3.8, 4) is 45.3 Å². The van der Waals surface area contributed by atoms with Crippen molar-refractivity contribution in [1.82, 2.24) is 15.0 Å². The summed E-state index contributed by atoms with van der Waals surface area (Å²) < 4.78 is 12.7. The summed E-state index contributed by atoms with van der Waals surface area (Å²) in [4.78, 5) is 17.0. The molecule has 0 spiro atoms. The second kappa shape index (κ2) is 13.5. The molecule has 11 rings (SSSR count). The quantitative estimate of drug-likeness (QED) is 0.162. The van der Waals surface area contributed by atoms with E-state index in [4.69, 9.17) is 23.8 Å². The van der Waals surface area contributed by atoms with Crippen LogP contribution in [0.1, 0.15) is 0 Å². The smallest absolute Gasteiger partial charge is 0.164 e. The van der Waals surface area contributed by atoms with Gasteiger partial charge in [0.2, 0.25) is 0 Å². The van der Waals surface area contributed by atoms with Crippen LogP contribution in [0.4, 0.5) is 17.1 Å². The van der Waals surface area contributed by atoms with Gasteiger partial charge in [0.05, 0.1) is 0 Å². The standard InChI is InChI=1S/C51H32N4O2/c1-4-13-34(14-5-1)49-52-50(35-15-6-2-7-16-35)54-51(53-49)36-25-29-42-47(31-36)57-46-22-12-20-40(48(42)46)33-23-26-38(27-24-33)55(37-17-8-3-9-18-37)39-28-30-45-43(32-39)41-19-10-11-21-44(41)56-45/h1-32H. The Labute approximate surface area is 328 Å². The lowest BCUT2D eigenvalue weighted by Gasteiger charge is -2.25. The molecule has 0 N–H and O–H groups in total. The van der Waals surface area contributed by atoms with Gasteiger partial charge in [0.15, 0.2) is 17.5 Å². The first kappa shape index (κ1) is 32.6. The molecule has 0 atom stereocenters. The molecule has 0 unspecified atom stereocenters. The third-order valence-corrected chi connectivity index (χ3v) is 10.5. The number of hydrogen-bond donors (Lipinski definition) is 0. The predicted molar refractivity (Wildman–Crippen MR) is 231 cm³/mol. The molecule has 6 heteroatoms. The lowest BCUT2D eigenvalue weighted by Crippen LogP contribution is -2.09. The number of para-hydroxylation sites is 2. The lowest BCUT2D eigenvalue weighted by molar-refractivity contribution is 0.668. The molecule has 268 valence electrons. The number of aromatic nitrogens is 3. The molecule has 0 amide bonds. The van der Waals surface area contributed by atoms with Gasteiger partial charge >= 0.3 is 0 Å². The Kier molecular flexibility index (Phi) is 7.71. The number of fused-ring (bicyclic) bond motifs is 6. The van der Waals surface area contributed by atoms with Gasteiger partial charge in [0, 0.05) is 55.3 Å². The molecule has 57 heavy (non-hydrogen) atoms. The topological polar surface area (TPSA) is 68.2 Å². The van der Waals surface area contributed by atoms with Crippen LogP contribution < -0.4 is 4.90 Å². The maximum absolute atomic E-state index is 6.56. The van der Waals surface area contributed by atoms with Crippen LogP contribution in [0, 0.1) is 0 Å². The minimum absolute atomic E-state index is 0.587. The van der Waals surface area contributed by atoms with Crippen molar-refractivity contribution < 1.29 is 8.83 Å². The molecule has 3 aromatic heterocycles. The van der Waals surface area contributed by atoms with Gasteiger partial charge in [-0.05, 0) is 77.9 Å². The van der Waals surface area contributed by atoms with E-state index in [2.05, 4.69) is 108 Å². The number of hydrogen-bond acceptors (Lipinski definition) is 6. The van der Waals surface area contributed by atoms with Crippen LogP contribution in [0.5, 0.6) is 0 Å². The molecule has 0 radical (unpaired) electrons. The molecule has 0 aliphatic rings. The first-order valence-corrected chi connectivity index (χ1v) is 18.9. The molecule has 0 aliphatic heterocycles. The van der Waals surface area contributed by atoms with Crippen molar-refractivity contribution in [2.45, 2.75) is 0 Å². The molecule has 0 fully saturated rings. The molecule has 0 aliphatic carbocycles. The highest BCUT2D eigenvalue weighted by Gasteiger charge is 2.19. The fourth-order valence-electron chi connectivity index (χ4n) is 7.81. The van der Waals surface area contributed by atoms with Crippen LogP contribution >= 0.6 is 0 Å². The second-order valence-electron chi connectivity index (χ2n) is 14.0. The first-order chi connectivity index (χ1) is 28.2. The molecule has 8 aromatic carbocycles. The van der Waals surface area contributed by atoms with Gasteiger partial charge in [0.25, 0.3) is 0 Å². The number of nitrogens with zero attached hydrogens (tertiary/aromatic N) is 4. The van der Waals surface area contributed by atoms with Crippen LogP contribution in [-0.4, -0.2) is 15.0 Å². The summed E-state index contributed by atoms with van der Waals surface area (Å²) in [5.74, 6) is 1.83. The third kappa shape index (κ3) is 5.79. The Morgan fingerprint density at radius 1 is 0.316 bits per heavy atom. The fraction of sp³-hybridized carbons (Fsp3) is 0. The summed E-state index contributed by atoms with van der Waals surface area (Å²) in [5, 5.41) is 4.29. The summed E-state index contributed by atoms with van der Waals surface area (Å²) >= 11 is 0. The fourth-order valence-corrected chi connectivity index (χ4v) is 7.81. The maximum Gasteiger partial charge on any atom is 0.164 e. The zero-order valence-electron chi connectivity index (χ0n) is 30.6. The highest BCUT2D eigenvalue weighted by molar-refractivity contribution is 6.13. The molecule has 11 aromatic rings. The van der Waals surface area contributed by atoms with E-state index in [0.29, 0.717) is 17.5 Å². The van der Waals surface area contributed by atoms with E-state index in [1.165, 1.54) is 0 Å². The van der Waals surface area contributed by atoms with E-state index in [1.807, 2.05) is 91.0 Å². The lowest BCUT2D eigenvalue weighted by atomic mass is 9.98. The summed E-state index contributed by atoms with van der Waals surface area (Å²) in [5.41, 5.74) is 11.4. The predicted octanol–water partition coefficient (Wildman–Crippen LogP) is 13.8. The van der Waals surface area contributed by atoms with E-state index in [-0.39, 0.29) is 0 Å². The number of benzene rings is 8. The van der Waals surface area contributed by atoms with Crippen molar-refractivity contribution >= 4 is 60.9 Å². The largest absolute Gasteiger partial charge is 0.456 e. The van der Waals surface area contributed by atoms with Gasteiger partial charge in [-0.3, -0.25) is 0 Å². The van der Waals surface area contributed by atoms with E-state index in [0.717, 1.165) is 88.8 Å². The average molecular weight is 733 g/mol. The number of anilines is 3. The number of furan rings is 2. The summed E-state index contributed by atoms with van der Waals surface area (Å²) in [7, 11) is 0. The second-order valence-corrected chi connectivity index (χ2v) is 14.0. The van der Waals surface area contributed by atoms with Crippen LogP contribution in [-0.2, 0) is 0 Å². The van der Waals surface area contributed by atoms with Crippen LogP contribution in [0.25, 0.3) is 89.2 Å². The zero-order valence-corrected chi connectivity index (χ0v) is 30.6. The van der Waals surface area contributed by atoms with Gasteiger partial charge in [-0.1, -0.05) is 127 Å². The normalized spacial score (nSPS) is 11.5. The van der Waals surface area contributed by atoms with Crippen LogP contribution in [0.2, 0.25) is 0 Å². The molecule has 6 nitrogen and oxygen atoms in total. The van der Waals surface area contributed by atoms with Crippen molar-refractivity contribution in [3.63, 3.8) is 0 Å². The summed E-state index contributed by atoms with van der Waals surface area (Å²) in [6.07, 6.45) is 0. The molecular formula is C51H32N4O2. The molecule has 0 saturated carbocycles. The van der Waals surface area contributed by atoms with Gasteiger partial charge in [-0.2, -0.15) is 0 Å². The van der Waals surface area contributed by atoms with E-state index < -0.39 is 0 Å². The minimum Gasteiger partial charge on any atom is -0.456 e. The van der Waals surface area contributed by atoms with Crippen molar-refractivity contribution in [1.29, 1.82) is 0 Å². The monoisotopic (exact) mass is 732 g/mol. The first-order valence-electron chi connectivity index (χ1n) is 18.9. The molecule has 0 saturated heterocycles. The maximum atomic E-state index is 6.56. The van der Waals surface area contributed by atoms with Gasteiger partial charge < -0.3 is 13.7 Å². The molecular weight excluding hydrogens is 701 g/mol. The van der Waals surface area contributed by atoms with Gasteiger partial charge in [0.1, 0.15) is 22.3 Å². The Bertz CT molecular complexity index is 3170. The van der Waals surface area contributed by atoms with Crippen LogP contribution in [0.15, 0.2) is 203 Å². The Morgan fingerprint density at radius 3 is 1.58 bits per heavy atom. The van der Waals surface area contributed by atoms with Crippen molar-refractivity contribution in [2.24, 2.45) is 0 Å². The van der Waals surface area contributed by atoms with E-state index in [9.17, 15) is 0 Å². The minimum atomic E-state index is 0.587. The Morgan fingerprint density at radius 2 is 0.860 bits per heavy atom. The molecule has 0 bridgehead atoms. The summed E-state index contributed by atoms with van der Waals surface area (Å²) in [6, 6.07) is 66.4. The average Bonchev–Trinajstić information content (AvgIpc) is 3.85. The highest BCUT2D eigenvalue weighted by Crippen LogP contribution is 2.42. The number of rotatable bonds is 7. The third-order valence-electron chi connectivity index (χ3n) is 10.5. The van der Waals surface area contributed by atoms with Crippen LogP contribution in [0.3, 0.4) is 0 Å². The van der Waals surface area contributed by atoms with Gasteiger partial charge in [-0.25, -0.2) is 15.0 Å². The van der Waals surface area contributed by atoms with E-state index >= 15 is 0 Å². The summed E-state index contributed by atoms with van der Waals surface area (Å²) in [6.45, 7) is 0. The highest BCUT2D eigenvalue weighted by atomic mass is 16.3. The van der Waals surface area contributed by atoms with Crippen molar-refractivity contribution in [3.05, 3.63) is 194 Å². The zero-order chi connectivity index (χ0) is 37.7. The SMILES string of the molecule is c1ccc(-c2nc(-c3ccccc3)nc(-c3ccc4c(c3)oc3cccc(-c5ccc(N(c6ccccc6)c6ccc7oc8ccccc8c7c6)cc5)c34)n2)cc1. The Balaban J connectivity index is 0.986. The van der Waals surface area contributed by atoms with Crippen molar-refractivity contribution in [2.75, 3.05) is 4.90 Å². The van der Waals surface area contributed by atoms with E-state index in [1.54, 1.807) is 0 Å². The van der Waals surface area contributed by atoms with Gasteiger partial charge in [-0.15, -0.1) is 0 Å². The Hall–Kier alpha value is -7.83.